The second-order valence-corrected chi connectivity index (χ2v) is 19.9. The molecule has 0 saturated heterocycles. The molecule has 0 aliphatic carbocycles. The Morgan fingerprint density at radius 3 is 0.836 bits per heavy atom. The summed E-state index contributed by atoms with van der Waals surface area (Å²) in [5.74, 6) is -0.869. The lowest BCUT2D eigenvalue weighted by atomic mass is 10.0. The van der Waals surface area contributed by atoms with E-state index in [1.807, 2.05) is 0 Å². The van der Waals surface area contributed by atoms with E-state index in [1.54, 1.807) is 0 Å². The maximum atomic E-state index is 12.8. The molecule has 6 nitrogen and oxygen atoms in total. The van der Waals surface area contributed by atoms with E-state index < -0.39 is 6.10 Å². The van der Waals surface area contributed by atoms with E-state index in [2.05, 4.69) is 57.2 Å². The fourth-order valence-electron chi connectivity index (χ4n) is 8.65. The lowest BCUT2D eigenvalue weighted by Crippen LogP contribution is -2.30. The molecule has 392 valence electrons. The van der Waals surface area contributed by atoms with Gasteiger partial charge in [0.15, 0.2) is 6.10 Å². The van der Waals surface area contributed by atoms with Crippen molar-refractivity contribution in [3.63, 3.8) is 0 Å². The van der Waals surface area contributed by atoms with Crippen molar-refractivity contribution >= 4 is 17.9 Å². The lowest BCUT2D eigenvalue weighted by Gasteiger charge is -2.18. The van der Waals surface area contributed by atoms with Crippen LogP contribution in [0.2, 0.25) is 0 Å². The van der Waals surface area contributed by atoms with E-state index in [4.69, 9.17) is 14.2 Å². The third-order valence-electron chi connectivity index (χ3n) is 13.1. The molecule has 0 aromatic rings. The molecule has 0 rings (SSSR count). The molecule has 0 amide bonds. The van der Waals surface area contributed by atoms with E-state index in [-0.39, 0.29) is 31.1 Å². The summed E-state index contributed by atoms with van der Waals surface area (Å²) in [7, 11) is 0. The lowest BCUT2D eigenvalue weighted by molar-refractivity contribution is -0.167. The number of hydrogen-bond acceptors (Lipinski definition) is 6. The number of carbonyl (C=O) groups is 3. The summed E-state index contributed by atoms with van der Waals surface area (Å²) in [6.45, 7) is 6.65. The Morgan fingerprint density at radius 2 is 0.537 bits per heavy atom. The van der Waals surface area contributed by atoms with Gasteiger partial charge in [0.25, 0.3) is 0 Å². The van der Waals surface area contributed by atoms with Crippen molar-refractivity contribution in [2.24, 2.45) is 0 Å². The first kappa shape index (κ1) is 64.6. The molecule has 0 radical (unpaired) electrons. The fraction of sp³-hybridized carbons (Fsp3) is 0.852. The van der Waals surface area contributed by atoms with Crippen molar-refractivity contribution < 1.29 is 28.6 Å². The van der Waals surface area contributed by atoms with E-state index >= 15 is 0 Å². The van der Waals surface area contributed by atoms with Crippen LogP contribution in [0, 0.1) is 0 Å². The molecule has 0 bridgehead atoms. The Kier molecular flexibility index (Phi) is 54.2. The van der Waals surface area contributed by atoms with Gasteiger partial charge >= 0.3 is 17.9 Å². The highest BCUT2D eigenvalue weighted by molar-refractivity contribution is 5.71. The standard InChI is InChI=1S/C61H112O6/c1-4-7-10-13-16-19-22-25-27-28-29-30-31-32-34-36-39-42-45-48-51-54-60(63)66-57-58(56-65-59(62)53-50-47-44-41-38-35-24-21-18-15-12-9-6-3)67-61(64)55-52-49-46-43-40-37-33-26-23-20-17-14-11-8-5-2/h22,25-26,28-29,33,58H,4-21,23-24,27,30-32,34-57H2,1-3H3/b25-22-,29-28-,33-26-. The van der Waals surface area contributed by atoms with E-state index in [0.29, 0.717) is 19.3 Å². The predicted molar refractivity (Wildman–Crippen MR) is 289 cm³/mol. The monoisotopic (exact) mass is 941 g/mol. The van der Waals surface area contributed by atoms with Crippen molar-refractivity contribution in [1.29, 1.82) is 0 Å². The Labute approximate surface area is 416 Å². The van der Waals surface area contributed by atoms with Crippen LogP contribution in [0.5, 0.6) is 0 Å². The number of hydrogen-bond donors (Lipinski definition) is 0. The fourth-order valence-corrected chi connectivity index (χ4v) is 8.65. The predicted octanol–water partition coefficient (Wildman–Crippen LogP) is 19.7. The average molecular weight is 942 g/mol. The van der Waals surface area contributed by atoms with Gasteiger partial charge < -0.3 is 14.2 Å². The molecule has 0 N–H and O–H groups in total. The van der Waals surface area contributed by atoms with Gasteiger partial charge in [-0.25, -0.2) is 0 Å². The van der Waals surface area contributed by atoms with Crippen molar-refractivity contribution in [2.45, 2.75) is 322 Å². The van der Waals surface area contributed by atoms with E-state index in [1.165, 1.54) is 205 Å². The van der Waals surface area contributed by atoms with Crippen LogP contribution < -0.4 is 0 Å². The van der Waals surface area contributed by atoms with Crippen LogP contribution in [0.25, 0.3) is 0 Å². The zero-order chi connectivity index (χ0) is 48.6. The summed E-state index contributed by atoms with van der Waals surface area (Å²) in [5, 5.41) is 0. The second-order valence-electron chi connectivity index (χ2n) is 19.9. The van der Waals surface area contributed by atoms with Crippen LogP contribution >= 0.6 is 0 Å². The topological polar surface area (TPSA) is 78.9 Å². The van der Waals surface area contributed by atoms with Crippen molar-refractivity contribution in [3.8, 4) is 0 Å². The smallest absolute Gasteiger partial charge is 0.306 e. The molecular formula is C61H112O6. The van der Waals surface area contributed by atoms with Crippen molar-refractivity contribution in [2.75, 3.05) is 13.2 Å². The third kappa shape index (κ3) is 54.4. The molecule has 0 heterocycles. The molecule has 0 aromatic carbocycles. The maximum Gasteiger partial charge on any atom is 0.306 e. The molecule has 1 unspecified atom stereocenters. The first-order valence-electron chi connectivity index (χ1n) is 29.5. The normalized spacial score (nSPS) is 12.2. The molecule has 0 spiro atoms. The SMILES string of the molecule is CCCCCCC/C=C\C/C=C\CCCCCCCCCCCC(=O)OCC(COC(=O)CCCCCCCCCCCCCCC)OC(=O)CCCCCCC/C=C\CCCCCCCC. The molecule has 0 aliphatic rings. The van der Waals surface area contributed by atoms with Crippen molar-refractivity contribution in [3.05, 3.63) is 36.5 Å². The summed E-state index contributed by atoms with van der Waals surface area (Å²) in [6.07, 6.45) is 67.0. The van der Waals surface area contributed by atoms with Gasteiger partial charge in [-0.05, 0) is 77.0 Å². The minimum absolute atomic E-state index is 0.0731. The first-order chi connectivity index (χ1) is 33.0. The zero-order valence-corrected chi connectivity index (χ0v) is 44.9. The van der Waals surface area contributed by atoms with E-state index in [0.717, 1.165) is 70.6 Å². The van der Waals surface area contributed by atoms with Gasteiger partial charge in [-0.2, -0.15) is 0 Å². The molecule has 67 heavy (non-hydrogen) atoms. The number of rotatable bonds is 54. The number of unbranched alkanes of at least 4 members (excludes halogenated alkanes) is 37. The average Bonchev–Trinajstić information content (AvgIpc) is 3.33. The van der Waals surface area contributed by atoms with Gasteiger partial charge in [0.05, 0.1) is 0 Å². The highest BCUT2D eigenvalue weighted by Crippen LogP contribution is 2.16. The van der Waals surface area contributed by atoms with Gasteiger partial charge in [-0.1, -0.05) is 256 Å². The molecule has 0 fully saturated rings. The Morgan fingerprint density at radius 1 is 0.299 bits per heavy atom. The summed E-state index contributed by atoms with van der Waals surface area (Å²) in [4.78, 5) is 38.1. The third-order valence-corrected chi connectivity index (χ3v) is 13.1. The summed E-state index contributed by atoms with van der Waals surface area (Å²) in [6, 6.07) is 0. The highest BCUT2D eigenvalue weighted by Gasteiger charge is 2.19. The highest BCUT2D eigenvalue weighted by atomic mass is 16.6. The molecule has 6 heteroatoms. The number of esters is 3. The van der Waals surface area contributed by atoms with Crippen LogP contribution in [0.1, 0.15) is 316 Å². The Bertz CT molecular complexity index is 1130. The number of allylic oxidation sites excluding steroid dienone is 6. The second kappa shape index (κ2) is 56.2. The van der Waals surface area contributed by atoms with Crippen molar-refractivity contribution in [1.82, 2.24) is 0 Å². The first-order valence-corrected chi connectivity index (χ1v) is 29.5. The largest absolute Gasteiger partial charge is 0.462 e. The van der Waals surface area contributed by atoms with Crippen LogP contribution in [0.15, 0.2) is 36.5 Å². The van der Waals surface area contributed by atoms with E-state index in [9.17, 15) is 14.4 Å². The Balaban J connectivity index is 4.32. The zero-order valence-electron chi connectivity index (χ0n) is 44.9. The molecule has 0 aliphatic heterocycles. The van der Waals surface area contributed by atoms with Gasteiger partial charge in [0, 0.05) is 19.3 Å². The van der Waals surface area contributed by atoms with Crippen LogP contribution in [0.4, 0.5) is 0 Å². The minimum Gasteiger partial charge on any atom is -0.462 e. The summed E-state index contributed by atoms with van der Waals surface area (Å²) in [5.41, 5.74) is 0. The number of ether oxygens (including phenoxy) is 3. The van der Waals surface area contributed by atoms with Crippen LogP contribution in [0.3, 0.4) is 0 Å². The molecule has 0 aromatic heterocycles. The van der Waals surface area contributed by atoms with Crippen LogP contribution in [-0.2, 0) is 28.6 Å². The molecule has 1 atom stereocenters. The minimum atomic E-state index is -0.775. The summed E-state index contributed by atoms with van der Waals surface area (Å²) >= 11 is 0. The summed E-state index contributed by atoms with van der Waals surface area (Å²) < 4.78 is 16.9. The van der Waals surface area contributed by atoms with Gasteiger partial charge in [-0.15, -0.1) is 0 Å². The Hall–Kier alpha value is -2.37. The van der Waals surface area contributed by atoms with Crippen LogP contribution in [-0.4, -0.2) is 37.2 Å². The van der Waals surface area contributed by atoms with Gasteiger partial charge in [0.1, 0.15) is 13.2 Å². The molecular weight excluding hydrogens is 829 g/mol. The van der Waals surface area contributed by atoms with Gasteiger partial charge in [-0.3, -0.25) is 14.4 Å². The molecule has 0 saturated carbocycles. The van der Waals surface area contributed by atoms with Gasteiger partial charge in [0.2, 0.25) is 0 Å². The number of carbonyl (C=O) groups excluding carboxylic acids is 3. The quantitative estimate of drug-likeness (QED) is 0.0262. The maximum absolute atomic E-state index is 12.8.